The van der Waals surface area contributed by atoms with E-state index >= 15 is 0 Å². The van der Waals surface area contributed by atoms with E-state index in [0.29, 0.717) is 17.3 Å². The van der Waals surface area contributed by atoms with Gasteiger partial charge in [-0.15, -0.1) is 0 Å². The summed E-state index contributed by atoms with van der Waals surface area (Å²) in [6, 6.07) is 8.69. The van der Waals surface area contributed by atoms with Crippen molar-refractivity contribution < 1.29 is 9.53 Å². The maximum atomic E-state index is 11.6. The second-order valence-electron chi connectivity index (χ2n) is 3.59. The predicted octanol–water partition coefficient (Wildman–Crippen LogP) is 2.09. The molecule has 94 valence electrons. The van der Waals surface area contributed by atoms with Gasteiger partial charge in [0.05, 0.1) is 12.3 Å². The molecule has 0 fully saturated rings. The first-order valence-electron chi connectivity index (χ1n) is 5.40. The molecule has 18 heavy (non-hydrogen) atoms. The number of aromatic nitrogens is 2. The van der Waals surface area contributed by atoms with Crippen molar-refractivity contribution in [2.45, 2.75) is 6.92 Å². The van der Waals surface area contributed by atoms with Crippen molar-refractivity contribution in [1.29, 1.82) is 0 Å². The van der Waals surface area contributed by atoms with E-state index in [4.69, 9.17) is 22.2 Å². The largest absolute Gasteiger partial charge is 0.461 e. The molecule has 2 rings (SSSR count). The molecule has 5 nitrogen and oxygen atoms in total. The average molecular weight is 266 g/mol. The molecule has 0 bridgehead atoms. The third-order valence-corrected chi connectivity index (χ3v) is 2.61. The number of halogens is 1. The first kappa shape index (κ1) is 12.4. The minimum absolute atomic E-state index is 0.210. The Morgan fingerprint density at radius 3 is 2.72 bits per heavy atom. The van der Waals surface area contributed by atoms with Crippen LogP contribution >= 0.6 is 11.6 Å². The van der Waals surface area contributed by atoms with E-state index < -0.39 is 5.97 Å². The molecule has 0 aliphatic heterocycles. The number of nitrogen functional groups attached to an aromatic ring is 1. The average Bonchev–Trinajstić information content (AvgIpc) is 2.72. The summed E-state index contributed by atoms with van der Waals surface area (Å²) in [4.78, 5) is 12.6. The van der Waals surface area contributed by atoms with E-state index in [1.54, 1.807) is 37.3 Å². The normalized spacial score (nSPS) is 10.3. The number of carbonyl (C=O) groups is 1. The van der Waals surface area contributed by atoms with Gasteiger partial charge in [0.2, 0.25) is 0 Å². The molecule has 1 heterocycles. The number of nitrogens with two attached hydrogens (primary N) is 1. The maximum Gasteiger partial charge on any atom is 0.358 e. The lowest BCUT2D eigenvalue weighted by atomic mass is 10.1. The summed E-state index contributed by atoms with van der Waals surface area (Å²) in [7, 11) is 0. The molecule has 0 unspecified atom stereocenters. The van der Waals surface area contributed by atoms with Gasteiger partial charge in [-0.2, -0.15) is 9.89 Å². The first-order chi connectivity index (χ1) is 8.61. The van der Waals surface area contributed by atoms with Crippen LogP contribution in [0.1, 0.15) is 17.4 Å². The van der Waals surface area contributed by atoms with Crippen LogP contribution in [0.4, 0.5) is 0 Å². The number of benzene rings is 1. The van der Waals surface area contributed by atoms with Gasteiger partial charge in [0.1, 0.15) is 0 Å². The number of rotatable bonds is 3. The lowest BCUT2D eigenvalue weighted by Crippen LogP contribution is -2.19. The van der Waals surface area contributed by atoms with Crippen LogP contribution in [0.3, 0.4) is 0 Å². The Bertz CT molecular complexity index is 563. The van der Waals surface area contributed by atoms with Gasteiger partial charge < -0.3 is 10.6 Å². The smallest absolute Gasteiger partial charge is 0.358 e. The summed E-state index contributed by atoms with van der Waals surface area (Å²) >= 11 is 5.80. The molecule has 6 heteroatoms. The van der Waals surface area contributed by atoms with Crippen molar-refractivity contribution in [3.63, 3.8) is 0 Å². The summed E-state index contributed by atoms with van der Waals surface area (Å²) in [5.41, 5.74) is 1.63. The Balaban J connectivity index is 2.34. The van der Waals surface area contributed by atoms with Gasteiger partial charge in [0, 0.05) is 16.7 Å². The van der Waals surface area contributed by atoms with Crippen LogP contribution < -0.4 is 5.84 Å². The fourth-order valence-corrected chi connectivity index (χ4v) is 1.64. The van der Waals surface area contributed by atoms with Crippen molar-refractivity contribution in [2.75, 3.05) is 12.4 Å². The second-order valence-corrected chi connectivity index (χ2v) is 4.02. The summed E-state index contributed by atoms with van der Waals surface area (Å²) in [5, 5.41) is 4.70. The highest BCUT2D eigenvalue weighted by molar-refractivity contribution is 6.30. The third kappa shape index (κ3) is 2.46. The van der Waals surface area contributed by atoms with E-state index in [1.807, 2.05) is 0 Å². The number of hydrogen-bond donors (Lipinski definition) is 1. The van der Waals surface area contributed by atoms with Gasteiger partial charge in [-0.05, 0) is 19.1 Å². The first-order valence-corrected chi connectivity index (χ1v) is 5.78. The zero-order valence-electron chi connectivity index (χ0n) is 9.76. The van der Waals surface area contributed by atoms with Crippen LogP contribution in [0.15, 0.2) is 30.3 Å². The van der Waals surface area contributed by atoms with Gasteiger partial charge in [-0.25, -0.2) is 4.79 Å². The lowest BCUT2D eigenvalue weighted by molar-refractivity contribution is 0.0515. The predicted molar refractivity (Wildman–Crippen MR) is 68.8 cm³/mol. The highest BCUT2D eigenvalue weighted by Crippen LogP contribution is 2.21. The molecule has 2 aromatic rings. The third-order valence-electron chi connectivity index (χ3n) is 2.36. The van der Waals surface area contributed by atoms with Crippen molar-refractivity contribution in [2.24, 2.45) is 0 Å². The molecule has 0 aliphatic rings. The van der Waals surface area contributed by atoms with Gasteiger partial charge in [-0.1, -0.05) is 23.7 Å². The summed E-state index contributed by atoms with van der Waals surface area (Å²) < 4.78 is 4.88. The molecule has 0 aliphatic carbocycles. The number of ether oxygens (including phenoxy) is 1. The highest BCUT2D eigenvalue weighted by Gasteiger charge is 2.15. The Kier molecular flexibility index (Phi) is 3.53. The molecule has 0 amide bonds. The maximum absolute atomic E-state index is 11.6. The minimum Gasteiger partial charge on any atom is -0.461 e. The summed E-state index contributed by atoms with van der Waals surface area (Å²) in [6.07, 6.45) is 0. The van der Waals surface area contributed by atoms with Gasteiger partial charge >= 0.3 is 5.97 Å². The monoisotopic (exact) mass is 265 g/mol. The topological polar surface area (TPSA) is 70.1 Å². The number of hydrogen-bond acceptors (Lipinski definition) is 4. The fourth-order valence-electron chi connectivity index (χ4n) is 1.51. The van der Waals surface area contributed by atoms with E-state index in [9.17, 15) is 4.79 Å². The minimum atomic E-state index is -0.493. The van der Waals surface area contributed by atoms with Crippen LogP contribution in [-0.2, 0) is 4.74 Å². The zero-order chi connectivity index (χ0) is 13.1. The van der Waals surface area contributed by atoms with Crippen LogP contribution in [0.2, 0.25) is 5.02 Å². The fraction of sp³-hybridized carbons (Fsp3) is 0.167. The standard InChI is InChI=1S/C12H12ClN3O2/c1-2-18-12(17)11-7-10(15-16(11)14)8-3-5-9(13)6-4-8/h3-7H,2,14H2,1H3. The molecule has 1 aromatic heterocycles. The van der Waals surface area contributed by atoms with Gasteiger partial charge in [0.15, 0.2) is 5.69 Å². The Labute approximate surface area is 109 Å². The molecule has 2 N–H and O–H groups in total. The Morgan fingerprint density at radius 1 is 1.44 bits per heavy atom. The molecule has 0 saturated carbocycles. The number of carbonyl (C=O) groups excluding carboxylic acids is 1. The Hall–Kier alpha value is -2.01. The van der Waals surface area contributed by atoms with Crippen molar-refractivity contribution in [1.82, 2.24) is 9.89 Å². The molecular weight excluding hydrogens is 254 g/mol. The van der Waals surface area contributed by atoms with Crippen LogP contribution in [-0.4, -0.2) is 22.5 Å². The number of nitrogens with zero attached hydrogens (tertiary/aromatic N) is 2. The highest BCUT2D eigenvalue weighted by atomic mass is 35.5. The molecule has 0 radical (unpaired) electrons. The zero-order valence-corrected chi connectivity index (χ0v) is 10.5. The SMILES string of the molecule is CCOC(=O)c1cc(-c2ccc(Cl)cc2)nn1N. The van der Waals surface area contributed by atoms with Crippen LogP contribution in [0, 0.1) is 0 Å². The molecule has 0 spiro atoms. The van der Waals surface area contributed by atoms with Crippen molar-refractivity contribution in [3.05, 3.63) is 41.0 Å². The lowest BCUT2D eigenvalue weighted by Gasteiger charge is -1.99. The van der Waals surface area contributed by atoms with E-state index in [1.165, 1.54) is 0 Å². The van der Waals surface area contributed by atoms with Crippen molar-refractivity contribution in [3.8, 4) is 11.3 Å². The molecular formula is C12H12ClN3O2. The van der Waals surface area contributed by atoms with Crippen molar-refractivity contribution >= 4 is 17.6 Å². The van der Waals surface area contributed by atoms with E-state index in [0.717, 1.165) is 10.4 Å². The molecule has 0 atom stereocenters. The summed E-state index contributed by atoms with van der Waals surface area (Å²) in [6.45, 7) is 2.02. The summed E-state index contributed by atoms with van der Waals surface area (Å²) in [5.74, 6) is 5.13. The number of esters is 1. The van der Waals surface area contributed by atoms with Crippen LogP contribution in [0.5, 0.6) is 0 Å². The van der Waals surface area contributed by atoms with Gasteiger partial charge in [-0.3, -0.25) is 0 Å². The molecule has 1 aromatic carbocycles. The molecule has 0 saturated heterocycles. The Morgan fingerprint density at radius 2 is 2.11 bits per heavy atom. The van der Waals surface area contributed by atoms with Gasteiger partial charge in [0.25, 0.3) is 0 Å². The second kappa shape index (κ2) is 5.10. The quantitative estimate of drug-likeness (QED) is 0.681. The van der Waals surface area contributed by atoms with E-state index in [-0.39, 0.29) is 5.69 Å². The van der Waals surface area contributed by atoms with E-state index in [2.05, 4.69) is 5.10 Å². The van der Waals surface area contributed by atoms with Crippen LogP contribution in [0.25, 0.3) is 11.3 Å².